The van der Waals surface area contributed by atoms with Crippen molar-refractivity contribution in [3.8, 4) is 11.1 Å². The largest absolute Gasteiger partial charge is 0.416 e. The van der Waals surface area contributed by atoms with Crippen molar-refractivity contribution in [2.45, 2.75) is 18.6 Å². The zero-order valence-electron chi connectivity index (χ0n) is 14.4. The summed E-state index contributed by atoms with van der Waals surface area (Å²) < 4.78 is 51.0. The van der Waals surface area contributed by atoms with Crippen molar-refractivity contribution in [3.05, 3.63) is 59.7 Å². The molecule has 0 saturated carbocycles. The Morgan fingerprint density at radius 1 is 0.885 bits per heavy atom. The average molecular weight is 366 g/mol. The van der Waals surface area contributed by atoms with Crippen LogP contribution in [-0.2, 0) is 6.18 Å². The van der Waals surface area contributed by atoms with Gasteiger partial charge in [0.2, 0.25) is 0 Å². The molecule has 0 bridgehead atoms. The van der Waals surface area contributed by atoms with E-state index in [1.54, 1.807) is 0 Å². The summed E-state index contributed by atoms with van der Waals surface area (Å²) in [6.07, 6.45) is -3.88. The van der Waals surface area contributed by atoms with Gasteiger partial charge in [-0.1, -0.05) is 36.4 Å². The van der Waals surface area contributed by atoms with Crippen LogP contribution >= 0.6 is 0 Å². The Hall–Kier alpha value is -1.92. The molecule has 0 radical (unpaired) electrons. The molecule has 3 rings (SSSR count). The highest BCUT2D eigenvalue weighted by atomic mass is 19.4. The quantitative estimate of drug-likeness (QED) is 0.773. The molecule has 1 saturated heterocycles. The van der Waals surface area contributed by atoms with Crippen molar-refractivity contribution in [1.82, 2.24) is 10.2 Å². The number of nitrogens with one attached hydrogen (secondary N) is 1. The number of nitrogens with zero attached hydrogens (tertiary/aromatic N) is 1. The van der Waals surface area contributed by atoms with E-state index in [0.717, 1.165) is 55.0 Å². The Bertz CT molecular complexity index is 689. The normalized spacial score (nSPS) is 17.2. The topological polar surface area (TPSA) is 15.3 Å². The lowest BCUT2D eigenvalue weighted by Crippen LogP contribution is -2.45. The van der Waals surface area contributed by atoms with Gasteiger partial charge in [0.05, 0.1) is 12.2 Å². The third-order valence-electron chi connectivity index (χ3n) is 4.82. The third-order valence-corrected chi connectivity index (χ3v) is 4.82. The van der Waals surface area contributed by atoms with E-state index < -0.39 is 11.7 Å². The summed E-state index contributed by atoms with van der Waals surface area (Å²) in [5.74, 6) is 0. The fourth-order valence-electron chi connectivity index (χ4n) is 3.41. The summed E-state index contributed by atoms with van der Waals surface area (Å²) in [5.41, 5.74) is 1.97. The van der Waals surface area contributed by atoms with Crippen molar-refractivity contribution in [1.29, 1.82) is 0 Å². The molecule has 1 heterocycles. The molecule has 2 nitrogen and oxygen atoms in total. The predicted octanol–water partition coefficient (Wildman–Crippen LogP) is 4.68. The van der Waals surface area contributed by atoms with Crippen LogP contribution in [0.2, 0.25) is 0 Å². The van der Waals surface area contributed by atoms with Crippen LogP contribution < -0.4 is 5.32 Å². The molecule has 0 unspecified atom stereocenters. The van der Waals surface area contributed by atoms with Crippen LogP contribution in [0.15, 0.2) is 48.5 Å². The first kappa shape index (κ1) is 18.9. The van der Waals surface area contributed by atoms with Gasteiger partial charge in [0, 0.05) is 32.2 Å². The maximum absolute atomic E-state index is 13.0. The number of benzene rings is 2. The molecule has 1 N–H and O–H groups in total. The Kier molecular flexibility index (Phi) is 5.94. The fourth-order valence-corrected chi connectivity index (χ4v) is 3.41. The van der Waals surface area contributed by atoms with Crippen molar-refractivity contribution < 1.29 is 17.6 Å². The highest BCUT2D eigenvalue weighted by molar-refractivity contribution is 5.64. The van der Waals surface area contributed by atoms with Gasteiger partial charge in [0.1, 0.15) is 0 Å². The summed E-state index contributed by atoms with van der Waals surface area (Å²) in [7, 11) is 0. The number of rotatable bonds is 5. The lowest BCUT2D eigenvalue weighted by atomic mass is 9.97. The minimum Gasteiger partial charge on any atom is -0.314 e. The minimum atomic E-state index is -4.33. The van der Waals surface area contributed by atoms with Gasteiger partial charge in [-0.2, -0.15) is 13.2 Å². The van der Waals surface area contributed by atoms with Gasteiger partial charge in [-0.25, -0.2) is 0 Å². The van der Waals surface area contributed by atoms with Crippen LogP contribution in [0.25, 0.3) is 11.1 Å². The van der Waals surface area contributed by atoms with E-state index in [0.29, 0.717) is 6.42 Å². The molecule has 0 spiro atoms. The Morgan fingerprint density at radius 2 is 1.42 bits per heavy atom. The summed E-state index contributed by atoms with van der Waals surface area (Å²) in [6.45, 7) is 3.17. The minimum absolute atomic E-state index is 0.0313. The van der Waals surface area contributed by atoms with E-state index in [1.165, 1.54) is 12.1 Å². The van der Waals surface area contributed by atoms with Gasteiger partial charge in [0.25, 0.3) is 0 Å². The number of piperazine rings is 1. The van der Waals surface area contributed by atoms with Crippen molar-refractivity contribution in [2.75, 3.05) is 32.9 Å². The second-order valence-electron chi connectivity index (χ2n) is 6.48. The predicted molar refractivity (Wildman–Crippen MR) is 94.7 cm³/mol. The third kappa shape index (κ3) is 4.43. The Labute approximate surface area is 150 Å². The zero-order valence-corrected chi connectivity index (χ0v) is 14.4. The highest BCUT2D eigenvalue weighted by Crippen LogP contribution is 2.32. The monoisotopic (exact) mass is 366 g/mol. The molecule has 6 heteroatoms. The molecular formula is C20H22F4N2. The van der Waals surface area contributed by atoms with E-state index in [-0.39, 0.29) is 12.7 Å². The summed E-state index contributed by atoms with van der Waals surface area (Å²) >= 11 is 0. The van der Waals surface area contributed by atoms with Crippen LogP contribution in [0.4, 0.5) is 17.6 Å². The Morgan fingerprint density at radius 3 is 1.92 bits per heavy atom. The molecule has 1 aliphatic rings. The van der Waals surface area contributed by atoms with Crippen molar-refractivity contribution in [3.63, 3.8) is 0 Å². The zero-order chi connectivity index (χ0) is 18.6. The number of hydrogen-bond acceptors (Lipinski definition) is 2. The number of hydrogen-bond donors (Lipinski definition) is 1. The van der Waals surface area contributed by atoms with E-state index in [4.69, 9.17) is 0 Å². The Balaban J connectivity index is 1.78. The molecule has 0 aliphatic carbocycles. The van der Waals surface area contributed by atoms with Crippen molar-refractivity contribution >= 4 is 0 Å². The van der Waals surface area contributed by atoms with Crippen LogP contribution in [0.3, 0.4) is 0 Å². The first-order valence-electron chi connectivity index (χ1n) is 8.77. The second kappa shape index (κ2) is 8.18. The van der Waals surface area contributed by atoms with Crippen LogP contribution in [0.5, 0.6) is 0 Å². The summed E-state index contributed by atoms with van der Waals surface area (Å²) in [5, 5.41) is 3.29. The van der Waals surface area contributed by atoms with E-state index in [9.17, 15) is 17.6 Å². The van der Waals surface area contributed by atoms with Gasteiger partial charge in [-0.05, 0) is 35.2 Å². The first-order valence-corrected chi connectivity index (χ1v) is 8.77. The molecule has 26 heavy (non-hydrogen) atoms. The van der Waals surface area contributed by atoms with E-state index in [2.05, 4.69) is 10.2 Å². The molecule has 1 fully saturated rings. The van der Waals surface area contributed by atoms with Gasteiger partial charge in [0.15, 0.2) is 0 Å². The second-order valence-corrected chi connectivity index (χ2v) is 6.48. The van der Waals surface area contributed by atoms with Gasteiger partial charge < -0.3 is 5.32 Å². The van der Waals surface area contributed by atoms with Gasteiger partial charge in [-0.15, -0.1) is 0 Å². The SMILES string of the molecule is FCC[C@@H](c1ccc(-c2ccc(C(F)(F)F)cc2)cc1)N1CCNCC1. The fraction of sp³-hybridized carbons (Fsp3) is 0.400. The molecule has 2 aromatic rings. The van der Waals surface area contributed by atoms with Crippen LogP contribution in [0, 0.1) is 0 Å². The van der Waals surface area contributed by atoms with Gasteiger partial charge in [-0.3, -0.25) is 9.29 Å². The lowest BCUT2D eigenvalue weighted by Gasteiger charge is -2.35. The first-order chi connectivity index (χ1) is 12.5. The molecular weight excluding hydrogens is 344 g/mol. The van der Waals surface area contributed by atoms with Crippen LogP contribution in [0.1, 0.15) is 23.6 Å². The molecule has 0 amide bonds. The van der Waals surface area contributed by atoms with Gasteiger partial charge >= 0.3 is 6.18 Å². The average Bonchev–Trinajstić information content (AvgIpc) is 2.66. The standard InChI is InChI=1S/C20H22F4N2/c21-10-9-19(26-13-11-25-12-14-26)17-3-1-15(2-4-17)16-5-7-18(8-6-16)20(22,23)24/h1-8,19,25H,9-14H2/t19-/m0/s1. The van der Waals surface area contributed by atoms with Crippen LogP contribution in [-0.4, -0.2) is 37.8 Å². The maximum atomic E-state index is 13.0. The smallest absolute Gasteiger partial charge is 0.314 e. The summed E-state index contributed by atoms with van der Waals surface area (Å²) in [4.78, 5) is 2.28. The van der Waals surface area contributed by atoms with E-state index >= 15 is 0 Å². The lowest BCUT2D eigenvalue weighted by molar-refractivity contribution is -0.137. The molecule has 1 aliphatic heterocycles. The summed E-state index contributed by atoms with van der Waals surface area (Å²) in [6, 6.07) is 12.9. The molecule has 0 aromatic heterocycles. The molecule has 140 valence electrons. The highest BCUT2D eigenvalue weighted by Gasteiger charge is 2.30. The number of halogens is 4. The molecule has 2 aromatic carbocycles. The van der Waals surface area contributed by atoms with Crippen molar-refractivity contribution in [2.24, 2.45) is 0 Å². The maximum Gasteiger partial charge on any atom is 0.416 e. The van der Waals surface area contributed by atoms with E-state index in [1.807, 2.05) is 24.3 Å². The number of alkyl halides is 4. The molecule has 1 atom stereocenters.